The van der Waals surface area contributed by atoms with E-state index in [4.69, 9.17) is 0 Å². The summed E-state index contributed by atoms with van der Waals surface area (Å²) in [6, 6.07) is 9.90. The molecule has 0 aromatic carbocycles. The van der Waals surface area contributed by atoms with E-state index in [1.54, 1.807) is 35.2 Å². The summed E-state index contributed by atoms with van der Waals surface area (Å²) in [7, 11) is 0. The number of halogens is 3. The molecule has 0 saturated heterocycles. The minimum absolute atomic E-state index is 0.140. The van der Waals surface area contributed by atoms with Crippen molar-refractivity contribution in [1.82, 2.24) is 24.5 Å². The largest absolute Gasteiger partial charge is 0.417 e. The van der Waals surface area contributed by atoms with Crippen molar-refractivity contribution < 1.29 is 13.2 Å². The molecule has 4 heterocycles. The Hall–Kier alpha value is -3.29. The Labute approximate surface area is 146 Å². The molecule has 0 amide bonds. The zero-order valence-corrected chi connectivity index (χ0v) is 13.6. The van der Waals surface area contributed by atoms with E-state index in [1.165, 1.54) is 0 Å². The van der Waals surface area contributed by atoms with Gasteiger partial charge >= 0.3 is 6.18 Å². The number of hydrogen-bond donors (Lipinski definition) is 0. The zero-order valence-electron chi connectivity index (χ0n) is 13.6. The Kier molecular flexibility index (Phi) is 3.68. The van der Waals surface area contributed by atoms with Crippen LogP contribution in [0.2, 0.25) is 0 Å². The Balaban J connectivity index is 2.01. The van der Waals surface area contributed by atoms with Gasteiger partial charge in [0.15, 0.2) is 11.5 Å². The molecule has 0 N–H and O–H groups in total. The average molecular weight is 355 g/mol. The molecule has 8 heteroatoms. The van der Waals surface area contributed by atoms with Gasteiger partial charge in [-0.25, -0.2) is 9.97 Å². The summed E-state index contributed by atoms with van der Waals surface area (Å²) >= 11 is 0. The molecule has 0 atom stereocenters. The molecule has 0 saturated carbocycles. The fraction of sp³-hybridized carbons (Fsp3) is 0.111. The van der Waals surface area contributed by atoms with Crippen molar-refractivity contribution in [1.29, 1.82) is 0 Å². The number of hydrogen-bond acceptors (Lipinski definition) is 4. The monoisotopic (exact) mass is 355 g/mol. The average Bonchev–Trinajstić information content (AvgIpc) is 3.01. The second kappa shape index (κ2) is 5.91. The molecule has 0 aliphatic heterocycles. The van der Waals surface area contributed by atoms with Gasteiger partial charge in [0.05, 0.1) is 17.4 Å². The van der Waals surface area contributed by atoms with Crippen LogP contribution in [-0.4, -0.2) is 24.5 Å². The first-order valence-electron chi connectivity index (χ1n) is 7.73. The predicted octanol–water partition coefficient (Wildman–Crippen LogP) is 4.20. The van der Waals surface area contributed by atoms with Crippen molar-refractivity contribution in [3.8, 4) is 17.2 Å². The summed E-state index contributed by atoms with van der Waals surface area (Å²) in [5.41, 5.74) is 1.60. The summed E-state index contributed by atoms with van der Waals surface area (Å²) in [6.45, 7) is 1.85. The quantitative estimate of drug-likeness (QED) is 0.541. The molecule has 4 aromatic rings. The third-order valence-corrected chi connectivity index (χ3v) is 3.87. The van der Waals surface area contributed by atoms with Gasteiger partial charge in [-0.3, -0.25) is 14.5 Å². The van der Waals surface area contributed by atoms with Gasteiger partial charge in [0, 0.05) is 18.1 Å². The minimum Gasteiger partial charge on any atom is -0.274 e. The van der Waals surface area contributed by atoms with Crippen molar-refractivity contribution in [2.75, 3.05) is 0 Å². The van der Waals surface area contributed by atoms with Crippen molar-refractivity contribution in [3.63, 3.8) is 0 Å². The lowest BCUT2D eigenvalue weighted by molar-refractivity contribution is -0.137. The van der Waals surface area contributed by atoms with Crippen LogP contribution < -0.4 is 0 Å². The number of imidazole rings is 1. The van der Waals surface area contributed by atoms with Crippen LogP contribution in [0.5, 0.6) is 0 Å². The maximum absolute atomic E-state index is 13.0. The van der Waals surface area contributed by atoms with E-state index in [0.717, 1.165) is 18.0 Å². The van der Waals surface area contributed by atoms with Crippen molar-refractivity contribution in [3.05, 3.63) is 66.2 Å². The highest BCUT2D eigenvalue weighted by Crippen LogP contribution is 2.32. The maximum Gasteiger partial charge on any atom is 0.417 e. The number of pyridine rings is 3. The molecule has 4 rings (SSSR count). The third-order valence-electron chi connectivity index (χ3n) is 3.87. The van der Waals surface area contributed by atoms with Crippen LogP contribution in [0.25, 0.3) is 28.4 Å². The molecule has 0 fully saturated rings. The first-order valence-corrected chi connectivity index (χ1v) is 7.73. The molecule has 0 spiro atoms. The van der Waals surface area contributed by atoms with E-state index in [9.17, 15) is 13.2 Å². The smallest absolute Gasteiger partial charge is 0.274 e. The van der Waals surface area contributed by atoms with Crippen LogP contribution in [-0.2, 0) is 6.18 Å². The standard InChI is InChI=1S/C18H12F3N5/c1-11-5-6-13(10-23-11)26-16-15(8-12(9-24-16)18(19,20)21)25-17(26)14-4-2-3-7-22-14/h2-10H,1H3. The molecule has 0 unspecified atom stereocenters. The van der Waals surface area contributed by atoms with Crippen LogP contribution in [0.3, 0.4) is 0 Å². The van der Waals surface area contributed by atoms with Gasteiger partial charge in [0.25, 0.3) is 0 Å². The van der Waals surface area contributed by atoms with Crippen LogP contribution in [0.1, 0.15) is 11.3 Å². The predicted molar refractivity (Wildman–Crippen MR) is 89.6 cm³/mol. The summed E-state index contributed by atoms with van der Waals surface area (Å²) in [5, 5.41) is 0. The van der Waals surface area contributed by atoms with E-state index in [2.05, 4.69) is 19.9 Å². The van der Waals surface area contributed by atoms with E-state index >= 15 is 0 Å². The Morgan fingerprint density at radius 1 is 0.962 bits per heavy atom. The lowest BCUT2D eigenvalue weighted by Gasteiger charge is -2.09. The summed E-state index contributed by atoms with van der Waals surface area (Å²) < 4.78 is 40.7. The van der Waals surface area contributed by atoms with Crippen molar-refractivity contribution >= 4 is 11.2 Å². The Bertz CT molecular complexity index is 1070. The highest BCUT2D eigenvalue weighted by atomic mass is 19.4. The van der Waals surface area contributed by atoms with E-state index in [1.807, 2.05) is 19.1 Å². The maximum atomic E-state index is 13.0. The molecular weight excluding hydrogens is 343 g/mol. The van der Waals surface area contributed by atoms with Gasteiger partial charge in [-0.15, -0.1) is 0 Å². The molecule has 130 valence electrons. The van der Waals surface area contributed by atoms with E-state index in [-0.39, 0.29) is 5.52 Å². The summed E-state index contributed by atoms with van der Waals surface area (Å²) in [4.78, 5) is 16.9. The molecule has 5 nitrogen and oxygen atoms in total. The lowest BCUT2D eigenvalue weighted by Crippen LogP contribution is -2.06. The highest BCUT2D eigenvalue weighted by Gasteiger charge is 2.32. The zero-order chi connectivity index (χ0) is 18.3. The van der Waals surface area contributed by atoms with Crippen molar-refractivity contribution in [2.24, 2.45) is 0 Å². The number of fused-ring (bicyclic) bond motifs is 1. The van der Waals surface area contributed by atoms with Gasteiger partial charge in [-0.1, -0.05) is 6.07 Å². The van der Waals surface area contributed by atoms with Gasteiger partial charge in [-0.05, 0) is 37.3 Å². The first kappa shape index (κ1) is 16.2. The minimum atomic E-state index is -4.48. The Morgan fingerprint density at radius 2 is 1.81 bits per heavy atom. The molecule has 0 aliphatic carbocycles. The second-order valence-electron chi connectivity index (χ2n) is 5.71. The normalized spacial score (nSPS) is 11.8. The van der Waals surface area contributed by atoms with Crippen molar-refractivity contribution in [2.45, 2.75) is 13.1 Å². The van der Waals surface area contributed by atoms with Gasteiger partial charge in [0.1, 0.15) is 11.2 Å². The molecule has 4 aromatic heterocycles. The fourth-order valence-electron chi connectivity index (χ4n) is 2.62. The van der Waals surface area contributed by atoms with Crippen LogP contribution in [0.15, 0.2) is 55.0 Å². The van der Waals surface area contributed by atoms with Crippen LogP contribution >= 0.6 is 0 Å². The summed E-state index contributed by atoms with van der Waals surface area (Å²) in [5.74, 6) is 0.401. The molecular formula is C18H12F3N5. The first-order chi connectivity index (χ1) is 12.4. The van der Waals surface area contributed by atoms with Crippen LogP contribution in [0.4, 0.5) is 13.2 Å². The fourth-order valence-corrected chi connectivity index (χ4v) is 2.62. The second-order valence-corrected chi connectivity index (χ2v) is 5.71. The van der Waals surface area contributed by atoms with E-state index in [0.29, 0.717) is 22.9 Å². The van der Waals surface area contributed by atoms with Gasteiger partial charge in [-0.2, -0.15) is 13.2 Å². The number of aromatic nitrogens is 5. The number of alkyl halides is 3. The molecule has 0 radical (unpaired) electrons. The number of nitrogens with zero attached hydrogens (tertiary/aromatic N) is 5. The SMILES string of the molecule is Cc1ccc(-n2c(-c3ccccn3)nc3cc(C(F)(F)F)cnc32)cn1. The topological polar surface area (TPSA) is 56.5 Å². The number of aryl methyl sites for hydroxylation is 1. The molecule has 26 heavy (non-hydrogen) atoms. The summed E-state index contributed by atoms with van der Waals surface area (Å²) in [6.07, 6.45) is -0.449. The number of rotatable bonds is 2. The third kappa shape index (κ3) is 2.79. The molecule has 0 aliphatic rings. The molecule has 0 bridgehead atoms. The van der Waals surface area contributed by atoms with E-state index < -0.39 is 11.7 Å². The highest BCUT2D eigenvalue weighted by molar-refractivity contribution is 5.79. The van der Waals surface area contributed by atoms with Crippen LogP contribution in [0, 0.1) is 6.92 Å². The van der Waals surface area contributed by atoms with Gasteiger partial charge in [0.2, 0.25) is 0 Å². The Morgan fingerprint density at radius 3 is 2.46 bits per heavy atom. The lowest BCUT2D eigenvalue weighted by atomic mass is 10.2. The van der Waals surface area contributed by atoms with Gasteiger partial charge < -0.3 is 0 Å².